The topological polar surface area (TPSA) is 93.5 Å². The summed E-state index contributed by atoms with van der Waals surface area (Å²) in [6, 6.07) is 10.2. The molecule has 0 unspecified atom stereocenters. The van der Waals surface area contributed by atoms with Crippen LogP contribution >= 0.6 is 0 Å². The minimum Gasteiger partial charge on any atom is -0.497 e. The normalized spacial score (nSPS) is 15.5. The smallest absolute Gasteiger partial charge is 0.243 e. The third-order valence-corrected chi connectivity index (χ3v) is 6.58. The van der Waals surface area contributed by atoms with Crippen molar-refractivity contribution in [3.8, 4) is 11.6 Å². The maximum absolute atomic E-state index is 12.8. The van der Waals surface area contributed by atoms with Crippen molar-refractivity contribution in [3.63, 3.8) is 0 Å². The molecule has 28 heavy (non-hydrogen) atoms. The van der Waals surface area contributed by atoms with Crippen LogP contribution in [0.15, 0.2) is 60.0 Å². The molecule has 0 N–H and O–H groups in total. The molecule has 1 aliphatic rings. The summed E-state index contributed by atoms with van der Waals surface area (Å²) in [4.78, 5) is 6.29. The molecule has 9 nitrogen and oxygen atoms in total. The first-order chi connectivity index (χ1) is 13.6. The molecule has 0 saturated carbocycles. The number of sulfonamides is 1. The number of hydrogen-bond donors (Lipinski definition) is 0. The summed E-state index contributed by atoms with van der Waals surface area (Å²) in [6.45, 7) is 1.88. The molecule has 4 rings (SSSR count). The Labute approximate surface area is 163 Å². The summed E-state index contributed by atoms with van der Waals surface area (Å²) in [5.74, 6) is 2.04. The molecule has 1 fully saturated rings. The minimum absolute atomic E-state index is 0.270. The molecular weight excluding hydrogens is 380 g/mol. The summed E-state index contributed by atoms with van der Waals surface area (Å²) < 4.78 is 34.0. The van der Waals surface area contributed by atoms with E-state index in [2.05, 4.69) is 15.2 Å². The Morgan fingerprint density at radius 1 is 0.929 bits per heavy atom. The molecule has 1 saturated heterocycles. The maximum Gasteiger partial charge on any atom is 0.243 e. The lowest BCUT2D eigenvalue weighted by molar-refractivity contribution is 0.383. The van der Waals surface area contributed by atoms with Gasteiger partial charge in [0, 0.05) is 38.6 Å². The Kier molecular flexibility index (Phi) is 4.97. The Bertz CT molecular complexity index is 1010. The Morgan fingerprint density at radius 2 is 1.61 bits per heavy atom. The van der Waals surface area contributed by atoms with E-state index < -0.39 is 10.0 Å². The van der Waals surface area contributed by atoms with Crippen LogP contribution in [0.25, 0.3) is 5.82 Å². The van der Waals surface area contributed by atoms with Gasteiger partial charge in [-0.3, -0.25) is 4.57 Å². The van der Waals surface area contributed by atoms with E-state index in [-0.39, 0.29) is 4.90 Å². The summed E-state index contributed by atoms with van der Waals surface area (Å²) in [6.07, 6.45) is 5.14. The molecular formula is C18H20N6O3S. The predicted octanol–water partition coefficient (Wildman–Crippen LogP) is 1.18. The zero-order valence-electron chi connectivity index (χ0n) is 15.3. The largest absolute Gasteiger partial charge is 0.497 e. The van der Waals surface area contributed by atoms with E-state index in [1.165, 1.54) is 4.31 Å². The van der Waals surface area contributed by atoms with Gasteiger partial charge < -0.3 is 9.64 Å². The first-order valence-corrected chi connectivity index (χ1v) is 10.2. The zero-order chi connectivity index (χ0) is 19.6. The van der Waals surface area contributed by atoms with Gasteiger partial charge >= 0.3 is 0 Å². The number of hydrogen-bond acceptors (Lipinski definition) is 7. The van der Waals surface area contributed by atoms with Gasteiger partial charge in [0.05, 0.1) is 12.0 Å². The van der Waals surface area contributed by atoms with Gasteiger partial charge in [0.1, 0.15) is 12.1 Å². The molecule has 0 radical (unpaired) electrons. The highest BCUT2D eigenvalue weighted by Crippen LogP contribution is 2.22. The molecule has 3 heterocycles. The van der Waals surface area contributed by atoms with Gasteiger partial charge in [-0.15, -0.1) is 10.2 Å². The second kappa shape index (κ2) is 7.56. The van der Waals surface area contributed by atoms with E-state index in [0.717, 1.165) is 5.82 Å². The van der Waals surface area contributed by atoms with E-state index in [9.17, 15) is 8.42 Å². The fourth-order valence-corrected chi connectivity index (χ4v) is 4.50. The van der Waals surface area contributed by atoms with Crippen LogP contribution in [0.3, 0.4) is 0 Å². The van der Waals surface area contributed by atoms with Crippen molar-refractivity contribution in [2.24, 2.45) is 0 Å². The van der Waals surface area contributed by atoms with Crippen LogP contribution in [0, 0.1) is 0 Å². The standard InChI is InChI=1S/C18H20N6O3S/c1-27-15-2-4-16(5-3-15)28(25,26)24-12-10-22(11-13-24)17-6-7-18(21-20-17)23-9-8-19-14-23/h2-9,14H,10-13H2,1H3. The number of methoxy groups -OCH3 is 1. The molecule has 0 spiro atoms. The van der Waals surface area contributed by atoms with Crippen molar-refractivity contribution in [1.82, 2.24) is 24.1 Å². The second-order valence-electron chi connectivity index (χ2n) is 6.29. The maximum atomic E-state index is 12.8. The highest BCUT2D eigenvalue weighted by molar-refractivity contribution is 7.89. The van der Waals surface area contributed by atoms with E-state index in [4.69, 9.17) is 4.74 Å². The van der Waals surface area contributed by atoms with Crippen LogP contribution in [0.5, 0.6) is 5.75 Å². The van der Waals surface area contributed by atoms with Crippen molar-refractivity contribution in [3.05, 3.63) is 55.1 Å². The van der Waals surface area contributed by atoms with Gasteiger partial charge in [-0.2, -0.15) is 4.31 Å². The Hall–Kier alpha value is -2.98. The number of imidazole rings is 1. The zero-order valence-corrected chi connectivity index (χ0v) is 16.2. The fraction of sp³-hybridized carbons (Fsp3) is 0.278. The lowest BCUT2D eigenvalue weighted by atomic mass is 10.3. The van der Waals surface area contributed by atoms with Gasteiger partial charge in [-0.1, -0.05) is 0 Å². The number of aromatic nitrogens is 4. The van der Waals surface area contributed by atoms with Crippen LogP contribution in [0.1, 0.15) is 0 Å². The molecule has 0 atom stereocenters. The molecule has 0 bridgehead atoms. The summed E-state index contributed by atoms with van der Waals surface area (Å²) in [5.41, 5.74) is 0. The van der Waals surface area contributed by atoms with Gasteiger partial charge in [0.25, 0.3) is 0 Å². The van der Waals surface area contributed by atoms with Gasteiger partial charge in [-0.25, -0.2) is 13.4 Å². The molecule has 1 aliphatic heterocycles. The summed E-state index contributed by atoms with van der Waals surface area (Å²) in [7, 11) is -1.97. The van der Waals surface area contributed by atoms with Crippen molar-refractivity contribution < 1.29 is 13.2 Å². The third kappa shape index (κ3) is 3.56. The molecule has 146 valence electrons. The molecule has 3 aromatic rings. The van der Waals surface area contributed by atoms with Crippen molar-refractivity contribution in [2.75, 3.05) is 38.2 Å². The first-order valence-electron chi connectivity index (χ1n) is 8.79. The van der Waals surface area contributed by atoms with Gasteiger partial charge in [0.2, 0.25) is 10.0 Å². The number of piperazine rings is 1. The molecule has 0 aliphatic carbocycles. The van der Waals surface area contributed by atoms with E-state index in [1.54, 1.807) is 54.7 Å². The van der Waals surface area contributed by atoms with Crippen LogP contribution in [-0.4, -0.2) is 65.8 Å². The van der Waals surface area contributed by atoms with Crippen LogP contribution in [0.2, 0.25) is 0 Å². The highest BCUT2D eigenvalue weighted by Gasteiger charge is 2.29. The number of benzene rings is 1. The van der Waals surface area contributed by atoms with Crippen molar-refractivity contribution in [1.29, 1.82) is 0 Å². The SMILES string of the molecule is COc1ccc(S(=O)(=O)N2CCN(c3ccc(-n4ccnc4)nn3)CC2)cc1. The summed E-state index contributed by atoms with van der Waals surface area (Å²) >= 11 is 0. The average molecular weight is 400 g/mol. The van der Waals surface area contributed by atoms with Gasteiger partial charge in [0.15, 0.2) is 11.6 Å². The quantitative estimate of drug-likeness (QED) is 0.635. The van der Waals surface area contributed by atoms with Crippen LogP contribution in [-0.2, 0) is 10.0 Å². The molecule has 10 heteroatoms. The number of rotatable bonds is 5. The number of nitrogens with zero attached hydrogens (tertiary/aromatic N) is 6. The van der Waals surface area contributed by atoms with E-state index in [1.807, 2.05) is 17.0 Å². The van der Waals surface area contributed by atoms with Crippen molar-refractivity contribution in [2.45, 2.75) is 4.90 Å². The average Bonchev–Trinajstić information content (AvgIpc) is 3.29. The van der Waals surface area contributed by atoms with Crippen LogP contribution < -0.4 is 9.64 Å². The lowest BCUT2D eigenvalue weighted by Crippen LogP contribution is -2.49. The predicted molar refractivity (Wildman–Crippen MR) is 103 cm³/mol. The Morgan fingerprint density at radius 3 is 2.18 bits per heavy atom. The third-order valence-electron chi connectivity index (χ3n) is 4.67. The number of anilines is 1. The van der Waals surface area contributed by atoms with Crippen molar-refractivity contribution >= 4 is 15.8 Å². The van der Waals surface area contributed by atoms with E-state index >= 15 is 0 Å². The fourth-order valence-electron chi connectivity index (χ4n) is 3.07. The molecule has 2 aromatic heterocycles. The summed E-state index contributed by atoms with van der Waals surface area (Å²) in [5, 5.41) is 8.48. The monoisotopic (exact) mass is 400 g/mol. The molecule has 0 amide bonds. The van der Waals surface area contributed by atoms with Crippen LogP contribution in [0.4, 0.5) is 5.82 Å². The highest BCUT2D eigenvalue weighted by atomic mass is 32.2. The number of ether oxygens (including phenoxy) is 1. The second-order valence-corrected chi connectivity index (χ2v) is 8.22. The van der Waals surface area contributed by atoms with E-state index in [0.29, 0.717) is 37.7 Å². The lowest BCUT2D eigenvalue weighted by Gasteiger charge is -2.34. The Balaban J connectivity index is 1.42. The minimum atomic E-state index is -3.52. The first kappa shape index (κ1) is 18.4. The molecule has 1 aromatic carbocycles. The van der Waals surface area contributed by atoms with Gasteiger partial charge in [-0.05, 0) is 36.4 Å².